The number of hydrogen-bond donors (Lipinski definition) is 1. The number of nitrogens with zero attached hydrogens (tertiary/aromatic N) is 3. The van der Waals surface area contributed by atoms with Crippen LogP contribution in [0.25, 0.3) is 0 Å². The van der Waals surface area contributed by atoms with Crippen LogP contribution in [-0.2, 0) is 17.9 Å². The Labute approximate surface area is 169 Å². The zero-order valence-corrected chi connectivity index (χ0v) is 16.7. The first kappa shape index (κ1) is 18.7. The third-order valence-electron chi connectivity index (χ3n) is 4.83. The zero-order chi connectivity index (χ0) is 19.3. The summed E-state index contributed by atoms with van der Waals surface area (Å²) >= 11 is 1.48. The van der Waals surface area contributed by atoms with Crippen molar-refractivity contribution in [3.63, 3.8) is 0 Å². The lowest BCUT2D eigenvalue weighted by molar-refractivity contribution is -0.120. The molecule has 1 aliphatic carbocycles. The second kappa shape index (κ2) is 8.61. The number of benzene rings is 2. The lowest BCUT2D eigenvalue weighted by atomic mass is 10.2. The lowest BCUT2D eigenvalue weighted by Crippen LogP contribution is -2.30. The number of nitrogens with one attached hydrogen (secondary N) is 1. The molecule has 1 atom stereocenters. The number of amides is 1. The zero-order valence-electron chi connectivity index (χ0n) is 15.9. The fourth-order valence-electron chi connectivity index (χ4n) is 3.09. The Morgan fingerprint density at radius 1 is 1.07 bits per heavy atom. The Morgan fingerprint density at radius 2 is 1.71 bits per heavy atom. The average Bonchev–Trinajstić information content (AvgIpc) is 3.51. The van der Waals surface area contributed by atoms with E-state index in [9.17, 15) is 4.79 Å². The molecule has 0 radical (unpaired) electrons. The summed E-state index contributed by atoms with van der Waals surface area (Å²) in [5.41, 5.74) is 2.31. The molecule has 1 fully saturated rings. The average molecular weight is 393 g/mol. The molecular weight excluding hydrogens is 368 g/mol. The molecule has 1 aliphatic rings. The minimum Gasteiger partial charge on any atom is -0.351 e. The molecule has 4 rings (SSSR count). The maximum absolute atomic E-state index is 12.6. The van der Waals surface area contributed by atoms with E-state index in [0.29, 0.717) is 12.5 Å². The van der Waals surface area contributed by atoms with Crippen LogP contribution in [0.2, 0.25) is 0 Å². The van der Waals surface area contributed by atoms with E-state index < -0.39 is 0 Å². The summed E-state index contributed by atoms with van der Waals surface area (Å²) in [5.74, 6) is 1.56. The highest BCUT2D eigenvalue weighted by Crippen LogP contribution is 2.40. The van der Waals surface area contributed by atoms with Crippen molar-refractivity contribution in [1.29, 1.82) is 0 Å². The molecular formula is C22H24N4OS. The van der Waals surface area contributed by atoms with Gasteiger partial charge in [-0.15, -0.1) is 10.2 Å². The third kappa shape index (κ3) is 4.62. The summed E-state index contributed by atoms with van der Waals surface area (Å²) in [6, 6.07) is 20.3. The molecule has 6 heteroatoms. The first-order valence-corrected chi connectivity index (χ1v) is 10.5. The first-order valence-electron chi connectivity index (χ1n) is 9.66. The molecule has 0 bridgehead atoms. The van der Waals surface area contributed by atoms with E-state index in [2.05, 4.69) is 32.2 Å². The van der Waals surface area contributed by atoms with Crippen LogP contribution in [0, 0.1) is 0 Å². The fraction of sp³-hybridized carbons (Fsp3) is 0.318. The highest BCUT2D eigenvalue weighted by Gasteiger charge is 2.31. The smallest absolute Gasteiger partial charge is 0.233 e. The van der Waals surface area contributed by atoms with Gasteiger partial charge in [0.1, 0.15) is 5.82 Å². The van der Waals surface area contributed by atoms with Gasteiger partial charge in [0.15, 0.2) is 5.16 Å². The molecule has 1 aromatic heterocycles. The van der Waals surface area contributed by atoms with Crippen molar-refractivity contribution in [3.8, 4) is 0 Å². The van der Waals surface area contributed by atoms with Crippen LogP contribution in [0.5, 0.6) is 0 Å². The van der Waals surface area contributed by atoms with E-state index in [1.165, 1.54) is 30.2 Å². The van der Waals surface area contributed by atoms with Crippen molar-refractivity contribution in [2.24, 2.45) is 0 Å². The monoisotopic (exact) mass is 392 g/mol. The highest BCUT2D eigenvalue weighted by atomic mass is 32.2. The van der Waals surface area contributed by atoms with E-state index in [-0.39, 0.29) is 11.2 Å². The van der Waals surface area contributed by atoms with Crippen molar-refractivity contribution in [2.75, 3.05) is 0 Å². The van der Waals surface area contributed by atoms with Crippen LogP contribution < -0.4 is 5.32 Å². The largest absolute Gasteiger partial charge is 0.351 e. The van der Waals surface area contributed by atoms with E-state index >= 15 is 0 Å². The minimum absolute atomic E-state index is 0.0103. The molecule has 1 heterocycles. The molecule has 3 aromatic rings. The van der Waals surface area contributed by atoms with E-state index in [1.807, 2.05) is 55.5 Å². The summed E-state index contributed by atoms with van der Waals surface area (Å²) < 4.78 is 2.18. The standard InChI is InChI=1S/C22H24N4OS/c1-16(21(27)23-14-17-8-4-2-5-9-17)28-22-25-24-20(19-12-13-19)26(22)15-18-10-6-3-7-11-18/h2-11,16,19H,12-15H2,1H3,(H,23,27)/t16-/m1/s1. The number of aromatic nitrogens is 3. The molecule has 5 nitrogen and oxygen atoms in total. The number of carbonyl (C=O) groups excluding carboxylic acids is 1. The lowest BCUT2D eigenvalue weighted by Gasteiger charge is -2.14. The summed E-state index contributed by atoms with van der Waals surface area (Å²) in [5, 5.41) is 12.4. The first-order chi connectivity index (χ1) is 13.7. The van der Waals surface area contributed by atoms with Gasteiger partial charge in [0.25, 0.3) is 0 Å². The Morgan fingerprint density at radius 3 is 2.36 bits per heavy atom. The number of carbonyl (C=O) groups is 1. The number of thioether (sulfide) groups is 1. The predicted molar refractivity (Wildman–Crippen MR) is 111 cm³/mol. The Hall–Kier alpha value is -2.60. The van der Waals surface area contributed by atoms with Crippen LogP contribution in [0.1, 0.15) is 42.6 Å². The van der Waals surface area contributed by atoms with E-state index in [1.54, 1.807) is 0 Å². The second-order valence-corrected chi connectivity index (χ2v) is 8.46. The molecule has 1 N–H and O–H groups in total. The van der Waals surface area contributed by atoms with Gasteiger partial charge in [0, 0.05) is 12.5 Å². The van der Waals surface area contributed by atoms with Crippen molar-refractivity contribution in [2.45, 2.75) is 49.2 Å². The van der Waals surface area contributed by atoms with Gasteiger partial charge in [-0.25, -0.2) is 0 Å². The Balaban J connectivity index is 1.44. The van der Waals surface area contributed by atoms with Gasteiger partial charge in [0.2, 0.25) is 5.91 Å². The van der Waals surface area contributed by atoms with Crippen molar-refractivity contribution >= 4 is 17.7 Å². The van der Waals surface area contributed by atoms with Crippen LogP contribution in [0.4, 0.5) is 0 Å². The molecule has 0 aliphatic heterocycles. The van der Waals surface area contributed by atoms with E-state index in [0.717, 1.165) is 23.1 Å². The maximum Gasteiger partial charge on any atom is 0.233 e. The molecule has 0 saturated heterocycles. The van der Waals surface area contributed by atoms with Gasteiger partial charge in [-0.3, -0.25) is 4.79 Å². The number of hydrogen-bond acceptors (Lipinski definition) is 4. The summed E-state index contributed by atoms with van der Waals surface area (Å²) in [6.45, 7) is 3.19. The summed E-state index contributed by atoms with van der Waals surface area (Å²) in [4.78, 5) is 12.6. The molecule has 0 spiro atoms. The molecule has 2 aromatic carbocycles. The minimum atomic E-state index is -0.241. The fourth-order valence-corrected chi connectivity index (χ4v) is 3.97. The Bertz CT molecular complexity index is 922. The van der Waals surface area contributed by atoms with Crippen LogP contribution in [0.3, 0.4) is 0 Å². The van der Waals surface area contributed by atoms with Crippen molar-refractivity contribution in [3.05, 3.63) is 77.6 Å². The molecule has 0 unspecified atom stereocenters. The van der Waals surface area contributed by atoms with Crippen LogP contribution in [-0.4, -0.2) is 25.9 Å². The normalized spacial score (nSPS) is 14.6. The highest BCUT2D eigenvalue weighted by molar-refractivity contribution is 8.00. The van der Waals surface area contributed by atoms with Crippen molar-refractivity contribution in [1.82, 2.24) is 20.1 Å². The second-order valence-electron chi connectivity index (χ2n) is 7.15. The van der Waals surface area contributed by atoms with Gasteiger partial charge in [0.05, 0.1) is 11.8 Å². The predicted octanol–water partition coefficient (Wildman–Crippen LogP) is 4.00. The van der Waals surface area contributed by atoms with Crippen LogP contribution >= 0.6 is 11.8 Å². The van der Waals surface area contributed by atoms with Crippen molar-refractivity contribution < 1.29 is 4.79 Å². The summed E-state index contributed by atoms with van der Waals surface area (Å²) in [6.07, 6.45) is 2.34. The Kier molecular flexibility index (Phi) is 5.76. The SMILES string of the molecule is C[C@@H](Sc1nnc(C2CC2)n1Cc1ccccc1)C(=O)NCc1ccccc1. The molecule has 1 amide bonds. The van der Waals surface area contributed by atoms with Gasteiger partial charge in [-0.05, 0) is 30.9 Å². The number of rotatable bonds is 8. The third-order valence-corrected chi connectivity index (χ3v) is 5.91. The quantitative estimate of drug-likeness (QED) is 0.589. The molecule has 144 valence electrons. The van der Waals surface area contributed by atoms with E-state index in [4.69, 9.17) is 0 Å². The maximum atomic E-state index is 12.6. The molecule has 28 heavy (non-hydrogen) atoms. The van der Waals surface area contributed by atoms with Gasteiger partial charge in [-0.2, -0.15) is 0 Å². The molecule has 1 saturated carbocycles. The van der Waals surface area contributed by atoms with Gasteiger partial charge in [-0.1, -0.05) is 72.4 Å². The van der Waals surface area contributed by atoms with Gasteiger partial charge < -0.3 is 9.88 Å². The topological polar surface area (TPSA) is 59.8 Å². The van der Waals surface area contributed by atoms with Gasteiger partial charge >= 0.3 is 0 Å². The summed E-state index contributed by atoms with van der Waals surface area (Å²) in [7, 11) is 0. The van der Waals surface area contributed by atoms with Crippen LogP contribution in [0.15, 0.2) is 65.8 Å².